The molecule has 2 aromatic carbocycles. The van der Waals surface area contributed by atoms with Crippen LogP contribution in [-0.2, 0) is 6.54 Å². The van der Waals surface area contributed by atoms with Crippen LogP contribution in [0.4, 0.5) is 0 Å². The number of carbonyl (C=O) groups is 1. The highest BCUT2D eigenvalue weighted by atomic mass is 35.5. The van der Waals surface area contributed by atoms with Crippen molar-refractivity contribution in [2.75, 3.05) is 13.1 Å². The van der Waals surface area contributed by atoms with Gasteiger partial charge in [0.15, 0.2) is 17.2 Å². The van der Waals surface area contributed by atoms with Gasteiger partial charge >= 0.3 is 0 Å². The number of Topliss-reactive ketones (excluding diaryl/α,β-unsaturated/α-hetero) is 1. The van der Waals surface area contributed by atoms with Crippen LogP contribution >= 0.6 is 11.6 Å². The van der Waals surface area contributed by atoms with E-state index in [0.29, 0.717) is 18.4 Å². The third-order valence-electron chi connectivity index (χ3n) is 5.84. The second kappa shape index (κ2) is 9.76. The Morgan fingerprint density at radius 2 is 1.81 bits per heavy atom. The molecule has 0 amide bonds. The Bertz CT molecular complexity index is 1100. The molecule has 0 bridgehead atoms. The first kappa shape index (κ1) is 22.4. The molecule has 1 aromatic heterocycles. The topological polar surface area (TPSA) is 86.8 Å². The van der Waals surface area contributed by atoms with Crippen molar-refractivity contribution in [3.63, 3.8) is 0 Å². The van der Waals surface area contributed by atoms with Crippen LogP contribution in [0.2, 0.25) is 5.02 Å². The number of halogens is 1. The number of benzene rings is 2. The maximum Gasteiger partial charge on any atom is 0.185 e. The van der Waals surface area contributed by atoms with Crippen LogP contribution in [0.3, 0.4) is 0 Å². The van der Waals surface area contributed by atoms with E-state index in [2.05, 4.69) is 22.2 Å². The fraction of sp³-hybridized carbons (Fsp3) is 0.360. The van der Waals surface area contributed by atoms with Crippen molar-refractivity contribution in [3.05, 3.63) is 52.7 Å². The lowest BCUT2D eigenvalue weighted by Crippen LogP contribution is -2.28. The third-order valence-corrected chi connectivity index (χ3v) is 6.14. The molecule has 4 rings (SSSR count). The molecule has 1 aliphatic rings. The minimum absolute atomic E-state index is 0.0680. The van der Waals surface area contributed by atoms with E-state index in [1.54, 1.807) is 0 Å². The first-order chi connectivity index (χ1) is 15.5. The zero-order chi connectivity index (χ0) is 22.7. The fourth-order valence-corrected chi connectivity index (χ4v) is 4.33. The molecular formula is C25H27ClN2O4. The number of aromatic nitrogens is 1. The summed E-state index contributed by atoms with van der Waals surface area (Å²) >= 11 is 6.07. The average Bonchev–Trinajstić information content (AvgIpc) is 3.23. The molecule has 3 aromatic rings. The highest BCUT2D eigenvalue weighted by Gasteiger charge is 2.26. The van der Waals surface area contributed by atoms with Gasteiger partial charge in [-0.25, -0.2) is 0 Å². The number of carbonyl (C=O) groups excluding carboxylic acids is 1. The minimum Gasteiger partial charge on any atom is -0.507 e. The lowest BCUT2D eigenvalue weighted by atomic mass is 9.95. The Labute approximate surface area is 192 Å². The van der Waals surface area contributed by atoms with Gasteiger partial charge in [0.25, 0.3) is 0 Å². The second-order valence-electron chi connectivity index (χ2n) is 8.26. The van der Waals surface area contributed by atoms with E-state index in [-0.39, 0.29) is 39.3 Å². The van der Waals surface area contributed by atoms with Crippen molar-refractivity contribution in [2.24, 2.45) is 0 Å². The highest BCUT2D eigenvalue weighted by Crippen LogP contribution is 2.43. The summed E-state index contributed by atoms with van der Waals surface area (Å²) in [5.41, 5.74) is 2.99. The van der Waals surface area contributed by atoms with Gasteiger partial charge in [-0.15, -0.1) is 0 Å². The zero-order valence-electron chi connectivity index (χ0n) is 18.1. The van der Waals surface area contributed by atoms with Crippen molar-refractivity contribution >= 4 is 17.4 Å². The van der Waals surface area contributed by atoms with Crippen molar-refractivity contribution in [3.8, 4) is 33.9 Å². The first-order valence-corrected chi connectivity index (χ1v) is 11.4. The number of rotatable bonds is 7. The number of piperidine rings is 1. The molecule has 1 fully saturated rings. The lowest BCUT2D eigenvalue weighted by molar-refractivity contribution is 0.0973. The number of phenols is 2. The quantitative estimate of drug-likeness (QED) is 0.423. The molecule has 0 spiro atoms. The summed E-state index contributed by atoms with van der Waals surface area (Å²) in [4.78, 5) is 15.2. The molecule has 7 heteroatoms. The molecule has 6 nitrogen and oxygen atoms in total. The maximum atomic E-state index is 12.8. The first-order valence-electron chi connectivity index (χ1n) is 11.0. The Hall–Kier alpha value is -2.83. The van der Waals surface area contributed by atoms with Crippen LogP contribution in [0.1, 0.15) is 55.1 Å². The van der Waals surface area contributed by atoms with Gasteiger partial charge in [-0.2, -0.15) is 0 Å². The number of ketones is 1. The number of aromatic hydroxyl groups is 2. The van der Waals surface area contributed by atoms with Crippen molar-refractivity contribution in [2.45, 2.75) is 45.6 Å². The van der Waals surface area contributed by atoms with Gasteiger partial charge in [-0.1, -0.05) is 54.4 Å². The summed E-state index contributed by atoms with van der Waals surface area (Å²) in [6.07, 6.45) is 4.81. The van der Waals surface area contributed by atoms with E-state index in [9.17, 15) is 15.0 Å². The van der Waals surface area contributed by atoms with Crippen LogP contribution < -0.4 is 0 Å². The van der Waals surface area contributed by atoms with Crippen LogP contribution in [0.25, 0.3) is 22.5 Å². The van der Waals surface area contributed by atoms with Crippen LogP contribution in [-0.4, -0.2) is 39.1 Å². The molecule has 168 valence electrons. The summed E-state index contributed by atoms with van der Waals surface area (Å²) in [6.45, 7) is 5.06. The molecule has 1 saturated heterocycles. The monoisotopic (exact) mass is 454 g/mol. The molecule has 0 atom stereocenters. The van der Waals surface area contributed by atoms with Gasteiger partial charge in [-0.05, 0) is 49.5 Å². The fourth-order valence-electron chi connectivity index (χ4n) is 4.16. The Balaban J connectivity index is 1.73. The van der Waals surface area contributed by atoms with Gasteiger partial charge in [0.1, 0.15) is 11.5 Å². The third kappa shape index (κ3) is 4.66. The van der Waals surface area contributed by atoms with Gasteiger partial charge in [0.2, 0.25) is 0 Å². The van der Waals surface area contributed by atoms with Crippen LogP contribution in [0, 0.1) is 0 Å². The Kier molecular flexibility index (Phi) is 6.82. The van der Waals surface area contributed by atoms with Crippen molar-refractivity contribution in [1.82, 2.24) is 10.1 Å². The van der Waals surface area contributed by atoms with E-state index in [4.69, 9.17) is 16.1 Å². The average molecular weight is 455 g/mol. The largest absolute Gasteiger partial charge is 0.507 e. The second-order valence-corrected chi connectivity index (χ2v) is 8.67. The molecule has 0 radical (unpaired) electrons. The molecule has 2 N–H and O–H groups in total. The predicted molar refractivity (Wildman–Crippen MR) is 124 cm³/mol. The SMILES string of the molecule is CCCC(=O)c1noc(-c2cc(Cl)c(O)cc2O)c1-c1ccc(CN2CCCCC2)cc1. The highest BCUT2D eigenvalue weighted by molar-refractivity contribution is 6.32. The Morgan fingerprint density at radius 1 is 1.09 bits per heavy atom. The van der Waals surface area contributed by atoms with Gasteiger partial charge in [-0.3, -0.25) is 9.69 Å². The summed E-state index contributed by atoms with van der Waals surface area (Å²) in [6, 6.07) is 10.6. The van der Waals surface area contributed by atoms with E-state index in [0.717, 1.165) is 31.3 Å². The number of hydrogen-bond donors (Lipinski definition) is 2. The summed E-state index contributed by atoms with van der Waals surface area (Å²) in [5.74, 6) is -0.328. The maximum absolute atomic E-state index is 12.8. The van der Waals surface area contributed by atoms with Crippen molar-refractivity contribution < 1.29 is 19.5 Å². The smallest absolute Gasteiger partial charge is 0.185 e. The zero-order valence-corrected chi connectivity index (χ0v) is 18.9. The van der Waals surface area contributed by atoms with Crippen molar-refractivity contribution in [1.29, 1.82) is 0 Å². The summed E-state index contributed by atoms with van der Waals surface area (Å²) in [7, 11) is 0. The van der Waals surface area contributed by atoms with Crippen LogP contribution in [0.15, 0.2) is 40.9 Å². The molecule has 1 aliphatic heterocycles. The number of phenolic OH excluding ortho intramolecular Hbond substituents is 2. The van der Waals surface area contributed by atoms with E-state index in [1.165, 1.54) is 30.9 Å². The number of nitrogens with zero attached hydrogens (tertiary/aromatic N) is 2. The predicted octanol–water partition coefficient (Wildman–Crippen LogP) is 6.04. The van der Waals surface area contributed by atoms with Gasteiger partial charge < -0.3 is 14.7 Å². The lowest BCUT2D eigenvalue weighted by Gasteiger charge is -2.26. The molecule has 0 saturated carbocycles. The van der Waals surface area contributed by atoms with Gasteiger partial charge in [0, 0.05) is 19.0 Å². The molecule has 0 unspecified atom stereocenters. The van der Waals surface area contributed by atoms with E-state index < -0.39 is 0 Å². The molecule has 0 aliphatic carbocycles. The summed E-state index contributed by atoms with van der Waals surface area (Å²) < 4.78 is 5.55. The van der Waals surface area contributed by atoms with Crippen LogP contribution in [0.5, 0.6) is 11.5 Å². The summed E-state index contributed by atoms with van der Waals surface area (Å²) in [5, 5.41) is 24.3. The molecule has 32 heavy (non-hydrogen) atoms. The number of likely N-dealkylation sites (tertiary alicyclic amines) is 1. The number of hydrogen-bond acceptors (Lipinski definition) is 6. The van der Waals surface area contributed by atoms with Gasteiger partial charge in [0.05, 0.1) is 16.1 Å². The standard InChI is InChI=1S/C25H27ClN2O4/c1-2-6-20(29)24-23(25(32-27-24)18-13-19(26)22(31)14-21(18)30)17-9-7-16(8-10-17)15-28-11-4-3-5-12-28/h7-10,13-14,30-31H,2-6,11-12,15H2,1H3. The molecular weight excluding hydrogens is 428 g/mol. The van der Waals surface area contributed by atoms with E-state index in [1.807, 2.05) is 19.1 Å². The normalized spacial score (nSPS) is 14.6. The Morgan fingerprint density at radius 3 is 2.50 bits per heavy atom. The molecule has 2 heterocycles. The van der Waals surface area contributed by atoms with E-state index >= 15 is 0 Å². The minimum atomic E-state index is -0.238.